The molecule has 0 saturated carbocycles. The zero-order chi connectivity index (χ0) is 26.4. The van der Waals surface area contributed by atoms with Crippen molar-refractivity contribution in [2.45, 2.75) is 39.5 Å². The predicted octanol–water partition coefficient (Wildman–Crippen LogP) is 6.32. The maximum Gasteiger partial charge on any atom is 0.310 e. The summed E-state index contributed by atoms with van der Waals surface area (Å²) in [7, 11) is 2.02. The van der Waals surface area contributed by atoms with Crippen molar-refractivity contribution in [2.75, 3.05) is 19.7 Å². The lowest BCUT2D eigenvalue weighted by Crippen LogP contribution is -2.09. The van der Waals surface area contributed by atoms with Gasteiger partial charge in [0.15, 0.2) is 0 Å². The molecular formula is C31H32N4O2S. The number of nitrogens with one attached hydrogen (secondary N) is 1. The molecule has 2 aromatic heterocycles. The van der Waals surface area contributed by atoms with E-state index in [0.717, 1.165) is 68.1 Å². The SMILES string of the molecule is CCOC(=O)Cc1c(C)cc2nc(-c3ccc4c(c3)c(C3CCNC3)nn4C)sc2c1-c1ccc(C)cc1. The van der Waals surface area contributed by atoms with Gasteiger partial charge in [0.1, 0.15) is 5.01 Å². The summed E-state index contributed by atoms with van der Waals surface area (Å²) in [5.41, 5.74) is 9.80. The molecule has 0 amide bonds. The first-order valence-corrected chi connectivity index (χ1v) is 14.1. The smallest absolute Gasteiger partial charge is 0.310 e. The second kappa shape index (κ2) is 9.97. The molecule has 0 aliphatic carbocycles. The number of rotatable bonds is 6. The Bertz CT molecular complexity index is 1660. The standard InChI is InChI=1S/C31H32N4O2S/c1-5-37-27(36)16-23-19(3)14-25-30(28(23)20-8-6-18(2)7-9-20)38-31(33-25)21-10-11-26-24(15-21)29(34-35(26)4)22-12-13-32-17-22/h6-11,14-15,22,32H,5,12-13,16-17H2,1-4H3. The summed E-state index contributed by atoms with van der Waals surface area (Å²) in [6, 6.07) is 17.2. The summed E-state index contributed by atoms with van der Waals surface area (Å²) < 4.78 is 8.42. The van der Waals surface area contributed by atoms with E-state index in [2.05, 4.69) is 67.7 Å². The van der Waals surface area contributed by atoms with Gasteiger partial charge in [-0.3, -0.25) is 9.48 Å². The third-order valence-corrected chi connectivity index (χ3v) is 8.69. The van der Waals surface area contributed by atoms with Gasteiger partial charge in [-0.2, -0.15) is 5.10 Å². The normalized spacial score (nSPS) is 15.5. The minimum Gasteiger partial charge on any atom is -0.466 e. The molecule has 1 aliphatic heterocycles. The van der Waals surface area contributed by atoms with Crippen LogP contribution in [0.1, 0.15) is 41.6 Å². The average Bonchev–Trinajstić information content (AvgIpc) is 3.64. The fourth-order valence-electron chi connectivity index (χ4n) is 5.58. The third-order valence-electron chi connectivity index (χ3n) is 7.55. The van der Waals surface area contributed by atoms with Gasteiger partial charge < -0.3 is 10.1 Å². The van der Waals surface area contributed by atoms with Crippen LogP contribution in [-0.4, -0.2) is 40.4 Å². The van der Waals surface area contributed by atoms with Crippen molar-refractivity contribution in [1.82, 2.24) is 20.1 Å². The first-order valence-electron chi connectivity index (χ1n) is 13.3. The van der Waals surface area contributed by atoms with Crippen LogP contribution in [-0.2, 0) is 23.0 Å². The van der Waals surface area contributed by atoms with Crippen molar-refractivity contribution in [3.05, 3.63) is 70.9 Å². The van der Waals surface area contributed by atoms with Crippen LogP contribution >= 0.6 is 11.3 Å². The summed E-state index contributed by atoms with van der Waals surface area (Å²) in [5, 5.41) is 10.5. The Morgan fingerprint density at radius 2 is 1.92 bits per heavy atom. The molecule has 0 spiro atoms. The maximum atomic E-state index is 12.6. The van der Waals surface area contributed by atoms with Crippen LogP contribution in [0.5, 0.6) is 0 Å². The number of aromatic nitrogens is 3. The fraction of sp³-hybridized carbons (Fsp3) is 0.323. The van der Waals surface area contributed by atoms with E-state index in [1.54, 1.807) is 11.3 Å². The van der Waals surface area contributed by atoms with Crippen LogP contribution in [0.15, 0.2) is 48.5 Å². The van der Waals surface area contributed by atoms with Gasteiger partial charge in [0.05, 0.1) is 34.5 Å². The van der Waals surface area contributed by atoms with E-state index in [0.29, 0.717) is 12.5 Å². The van der Waals surface area contributed by atoms with Gasteiger partial charge in [-0.15, -0.1) is 11.3 Å². The Hall–Kier alpha value is -3.55. The molecule has 1 unspecified atom stereocenters. The van der Waals surface area contributed by atoms with Gasteiger partial charge >= 0.3 is 5.97 Å². The minimum absolute atomic E-state index is 0.205. The first-order chi connectivity index (χ1) is 18.4. The molecule has 6 rings (SSSR count). The van der Waals surface area contributed by atoms with Crippen molar-refractivity contribution < 1.29 is 9.53 Å². The highest BCUT2D eigenvalue weighted by Gasteiger charge is 2.24. The van der Waals surface area contributed by atoms with Gasteiger partial charge in [-0.1, -0.05) is 29.8 Å². The molecule has 1 aliphatic rings. The van der Waals surface area contributed by atoms with Crippen molar-refractivity contribution in [2.24, 2.45) is 7.05 Å². The number of hydrogen-bond donors (Lipinski definition) is 1. The third kappa shape index (κ3) is 4.40. The number of esters is 1. The molecule has 7 heteroatoms. The van der Waals surface area contributed by atoms with E-state index < -0.39 is 0 Å². The van der Waals surface area contributed by atoms with E-state index in [1.165, 1.54) is 16.6 Å². The summed E-state index contributed by atoms with van der Waals surface area (Å²) >= 11 is 1.69. The summed E-state index contributed by atoms with van der Waals surface area (Å²) in [5.74, 6) is 0.231. The molecule has 1 saturated heterocycles. The lowest BCUT2D eigenvalue weighted by molar-refractivity contribution is -0.142. The van der Waals surface area contributed by atoms with Crippen molar-refractivity contribution >= 4 is 38.4 Å². The summed E-state index contributed by atoms with van der Waals surface area (Å²) in [6.45, 7) is 8.38. The Kier molecular flexibility index (Phi) is 6.50. The highest BCUT2D eigenvalue weighted by molar-refractivity contribution is 7.22. The van der Waals surface area contributed by atoms with E-state index in [9.17, 15) is 4.79 Å². The lowest BCUT2D eigenvalue weighted by Gasteiger charge is -2.14. The molecule has 1 fully saturated rings. The van der Waals surface area contributed by atoms with Crippen molar-refractivity contribution in [1.29, 1.82) is 0 Å². The van der Waals surface area contributed by atoms with Crippen LogP contribution in [0.3, 0.4) is 0 Å². The number of thiazole rings is 1. The molecule has 194 valence electrons. The molecular weight excluding hydrogens is 492 g/mol. The maximum absolute atomic E-state index is 12.6. The largest absolute Gasteiger partial charge is 0.466 e. The number of benzene rings is 3. The van der Waals surface area contributed by atoms with E-state index in [-0.39, 0.29) is 12.4 Å². The zero-order valence-corrected chi connectivity index (χ0v) is 23.1. The van der Waals surface area contributed by atoms with Gasteiger partial charge in [0.25, 0.3) is 0 Å². The van der Waals surface area contributed by atoms with Crippen LogP contribution in [0.25, 0.3) is 42.8 Å². The number of hydrogen-bond acceptors (Lipinski definition) is 6. The quantitative estimate of drug-likeness (QED) is 0.263. The second-order valence-corrected chi connectivity index (χ2v) is 11.2. The molecule has 1 N–H and O–H groups in total. The van der Waals surface area contributed by atoms with Gasteiger partial charge in [0.2, 0.25) is 0 Å². The second-order valence-electron chi connectivity index (χ2n) is 10.2. The molecule has 0 radical (unpaired) electrons. The highest BCUT2D eigenvalue weighted by atomic mass is 32.1. The first kappa shape index (κ1) is 24.8. The monoisotopic (exact) mass is 524 g/mol. The lowest BCUT2D eigenvalue weighted by atomic mass is 9.93. The Morgan fingerprint density at radius 3 is 2.66 bits per heavy atom. The number of ether oxygens (including phenoxy) is 1. The Morgan fingerprint density at radius 1 is 1.13 bits per heavy atom. The molecule has 6 nitrogen and oxygen atoms in total. The van der Waals surface area contributed by atoms with Crippen LogP contribution in [0.2, 0.25) is 0 Å². The van der Waals surface area contributed by atoms with Crippen LogP contribution < -0.4 is 5.32 Å². The predicted molar refractivity (Wildman–Crippen MR) is 155 cm³/mol. The Labute approximate surface area is 226 Å². The van der Waals surface area contributed by atoms with Gasteiger partial charge in [-0.25, -0.2) is 4.98 Å². The molecule has 3 aromatic carbocycles. The number of nitrogens with zero attached hydrogens (tertiary/aromatic N) is 3. The average molecular weight is 525 g/mol. The van der Waals surface area contributed by atoms with Crippen LogP contribution in [0.4, 0.5) is 0 Å². The zero-order valence-electron chi connectivity index (χ0n) is 22.3. The van der Waals surface area contributed by atoms with Crippen molar-refractivity contribution in [3.8, 4) is 21.7 Å². The molecule has 5 aromatic rings. The Balaban J connectivity index is 1.52. The molecule has 38 heavy (non-hydrogen) atoms. The molecule has 1 atom stereocenters. The number of carbonyl (C=O) groups is 1. The van der Waals surface area contributed by atoms with Crippen LogP contribution in [0, 0.1) is 13.8 Å². The van der Waals surface area contributed by atoms with E-state index >= 15 is 0 Å². The fourth-order valence-corrected chi connectivity index (χ4v) is 6.72. The minimum atomic E-state index is -0.205. The number of aryl methyl sites for hydroxylation is 3. The van der Waals surface area contributed by atoms with E-state index in [1.807, 2.05) is 18.7 Å². The van der Waals surface area contributed by atoms with Crippen molar-refractivity contribution in [3.63, 3.8) is 0 Å². The van der Waals surface area contributed by atoms with Gasteiger partial charge in [-0.05, 0) is 74.7 Å². The summed E-state index contributed by atoms with van der Waals surface area (Å²) in [6.07, 6.45) is 1.35. The summed E-state index contributed by atoms with van der Waals surface area (Å²) in [4.78, 5) is 17.7. The number of fused-ring (bicyclic) bond motifs is 2. The molecule has 0 bridgehead atoms. The topological polar surface area (TPSA) is 69.0 Å². The number of carbonyl (C=O) groups excluding carboxylic acids is 1. The van der Waals surface area contributed by atoms with Gasteiger partial charge in [0, 0.05) is 36.0 Å². The molecule has 3 heterocycles. The highest BCUT2D eigenvalue weighted by Crippen LogP contribution is 2.42. The van der Waals surface area contributed by atoms with E-state index in [4.69, 9.17) is 14.8 Å².